The van der Waals surface area contributed by atoms with Crippen molar-refractivity contribution >= 4 is 11.0 Å². The Labute approximate surface area is 152 Å². The van der Waals surface area contributed by atoms with Crippen molar-refractivity contribution in [3.8, 4) is 0 Å². The molecule has 0 spiro atoms. The smallest absolute Gasteiger partial charge is 0.124 e. The second-order valence-corrected chi connectivity index (χ2v) is 9.49. The van der Waals surface area contributed by atoms with Gasteiger partial charge in [0.2, 0.25) is 0 Å². The van der Waals surface area contributed by atoms with Crippen LogP contribution >= 0.6 is 0 Å². The highest BCUT2D eigenvalue weighted by Gasteiger charge is 2.47. The quantitative estimate of drug-likeness (QED) is 0.751. The molecule has 3 heteroatoms. The van der Waals surface area contributed by atoms with Crippen LogP contribution in [0.1, 0.15) is 90.1 Å². The van der Waals surface area contributed by atoms with Gasteiger partial charge in [-0.05, 0) is 69.6 Å². The Hall–Kier alpha value is -1.35. The van der Waals surface area contributed by atoms with E-state index in [9.17, 15) is 0 Å². The zero-order valence-electron chi connectivity index (χ0n) is 16.5. The Morgan fingerprint density at radius 1 is 1.16 bits per heavy atom. The number of imidazole rings is 1. The molecule has 1 aromatic carbocycles. The second-order valence-electron chi connectivity index (χ2n) is 9.49. The molecule has 2 fully saturated rings. The minimum absolute atomic E-state index is 0.184. The predicted molar refractivity (Wildman–Crippen MR) is 105 cm³/mol. The first-order chi connectivity index (χ1) is 11.8. The van der Waals surface area contributed by atoms with Gasteiger partial charge in [0.25, 0.3) is 0 Å². The molecule has 4 rings (SSSR count). The molecule has 2 aromatic rings. The summed E-state index contributed by atoms with van der Waals surface area (Å²) in [5.41, 5.74) is 3.88. The van der Waals surface area contributed by atoms with Crippen molar-refractivity contribution in [3.05, 3.63) is 29.6 Å². The molecule has 2 heterocycles. The van der Waals surface area contributed by atoms with Crippen molar-refractivity contribution in [1.29, 1.82) is 0 Å². The van der Waals surface area contributed by atoms with Crippen molar-refractivity contribution in [2.45, 2.75) is 90.3 Å². The van der Waals surface area contributed by atoms with Crippen LogP contribution in [0.15, 0.2) is 18.2 Å². The van der Waals surface area contributed by atoms with Crippen molar-refractivity contribution in [3.63, 3.8) is 0 Å². The summed E-state index contributed by atoms with van der Waals surface area (Å²) in [4.78, 5) is 11.5. The van der Waals surface area contributed by atoms with Crippen LogP contribution in [0.4, 0.5) is 0 Å². The minimum atomic E-state index is 0.184. The monoisotopic (exact) mass is 339 g/mol. The number of fused-ring (bicyclic) bond motifs is 2. The van der Waals surface area contributed by atoms with Crippen molar-refractivity contribution in [1.82, 2.24) is 14.9 Å². The number of aromatic nitrogens is 2. The number of hydrogen-bond donors (Lipinski definition) is 1. The van der Waals surface area contributed by atoms with Gasteiger partial charge in [-0.15, -0.1) is 0 Å². The number of benzene rings is 1. The molecule has 1 aliphatic carbocycles. The molecule has 3 nitrogen and oxygen atoms in total. The fraction of sp³-hybridized carbons (Fsp3) is 0.682. The zero-order chi connectivity index (χ0) is 17.8. The highest BCUT2D eigenvalue weighted by Crippen LogP contribution is 2.49. The SMILES string of the molecule is CC(C)c1ccc2nc([C@@H]3C[C@@H]4CCCC[C@@H]4N3C(C)(C)C)[nH]c2c1. The molecule has 2 aliphatic rings. The van der Waals surface area contributed by atoms with Gasteiger partial charge in [0.15, 0.2) is 0 Å². The summed E-state index contributed by atoms with van der Waals surface area (Å²) < 4.78 is 0. The molecule has 25 heavy (non-hydrogen) atoms. The maximum atomic E-state index is 5.02. The molecule has 1 saturated heterocycles. The molecule has 0 amide bonds. The lowest BCUT2D eigenvalue weighted by Gasteiger charge is -2.42. The standard InChI is InChI=1S/C22H33N3/c1-14(2)15-10-11-17-18(12-15)24-21(23-17)20-13-16-8-6-7-9-19(16)25(20)22(3,4)5/h10-12,14,16,19-20H,6-9,13H2,1-5H3,(H,23,24)/t16-,19-,20-/m0/s1. The Balaban J connectivity index is 1.72. The number of hydrogen-bond acceptors (Lipinski definition) is 2. The second kappa shape index (κ2) is 6.12. The summed E-state index contributed by atoms with van der Waals surface area (Å²) in [7, 11) is 0. The van der Waals surface area contributed by atoms with E-state index in [4.69, 9.17) is 4.98 Å². The summed E-state index contributed by atoms with van der Waals surface area (Å²) in [6.07, 6.45) is 6.81. The van der Waals surface area contributed by atoms with E-state index in [2.05, 4.69) is 62.7 Å². The summed E-state index contributed by atoms with van der Waals surface area (Å²) >= 11 is 0. The average molecular weight is 340 g/mol. The van der Waals surface area contributed by atoms with Gasteiger partial charge in [-0.3, -0.25) is 4.90 Å². The van der Waals surface area contributed by atoms with Crippen LogP contribution < -0.4 is 0 Å². The molecule has 1 aromatic heterocycles. The van der Waals surface area contributed by atoms with E-state index in [1.165, 1.54) is 49.0 Å². The van der Waals surface area contributed by atoms with Crippen LogP contribution in [0.3, 0.4) is 0 Å². The van der Waals surface area contributed by atoms with Gasteiger partial charge in [0, 0.05) is 11.6 Å². The molecule has 136 valence electrons. The Kier molecular flexibility index (Phi) is 4.18. The first-order valence-electron chi connectivity index (χ1n) is 10.1. The van der Waals surface area contributed by atoms with Crippen LogP contribution in [0.2, 0.25) is 0 Å². The molecule has 0 bridgehead atoms. The van der Waals surface area contributed by atoms with E-state index in [0.717, 1.165) is 17.5 Å². The minimum Gasteiger partial charge on any atom is -0.341 e. The number of H-pyrrole nitrogens is 1. The van der Waals surface area contributed by atoms with Gasteiger partial charge >= 0.3 is 0 Å². The largest absolute Gasteiger partial charge is 0.341 e. The molecule has 1 saturated carbocycles. The zero-order valence-corrected chi connectivity index (χ0v) is 16.5. The topological polar surface area (TPSA) is 31.9 Å². The lowest BCUT2D eigenvalue weighted by atomic mass is 9.84. The summed E-state index contributed by atoms with van der Waals surface area (Å²) in [5, 5.41) is 0. The number of likely N-dealkylation sites (tertiary alicyclic amines) is 1. The predicted octanol–water partition coefficient (Wildman–Crippen LogP) is 5.79. The third kappa shape index (κ3) is 3.01. The molecule has 0 unspecified atom stereocenters. The maximum Gasteiger partial charge on any atom is 0.124 e. The average Bonchev–Trinajstić information content (AvgIpc) is 3.14. The van der Waals surface area contributed by atoms with Crippen molar-refractivity contribution in [2.24, 2.45) is 5.92 Å². The highest BCUT2D eigenvalue weighted by atomic mass is 15.3. The first kappa shape index (κ1) is 17.1. The van der Waals surface area contributed by atoms with E-state index in [1.54, 1.807) is 0 Å². The summed E-state index contributed by atoms with van der Waals surface area (Å²) in [6.45, 7) is 11.6. The maximum absolute atomic E-state index is 5.02. The van der Waals surface area contributed by atoms with Gasteiger partial charge in [0.1, 0.15) is 5.82 Å². The van der Waals surface area contributed by atoms with Crippen LogP contribution in [-0.2, 0) is 0 Å². The first-order valence-corrected chi connectivity index (χ1v) is 10.1. The van der Waals surface area contributed by atoms with E-state index >= 15 is 0 Å². The van der Waals surface area contributed by atoms with E-state index < -0.39 is 0 Å². The Morgan fingerprint density at radius 2 is 1.92 bits per heavy atom. The third-order valence-electron chi connectivity index (χ3n) is 6.37. The summed E-state index contributed by atoms with van der Waals surface area (Å²) in [6, 6.07) is 7.88. The fourth-order valence-electron chi connectivity index (χ4n) is 5.23. The van der Waals surface area contributed by atoms with Crippen molar-refractivity contribution < 1.29 is 0 Å². The van der Waals surface area contributed by atoms with Gasteiger partial charge in [-0.25, -0.2) is 4.98 Å². The molecular weight excluding hydrogens is 306 g/mol. The van der Waals surface area contributed by atoms with Gasteiger partial charge < -0.3 is 4.98 Å². The molecule has 1 N–H and O–H groups in total. The molecule has 1 aliphatic heterocycles. The van der Waals surface area contributed by atoms with Crippen LogP contribution in [0, 0.1) is 5.92 Å². The fourth-order valence-corrected chi connectivity index (χ4v) is 5.23. The van der Waals surface area contributed by atoms with E-state index in [0.29, 0.717) is 12.0 Å². The van der Waals surface area contributed by atoms with Gasteiger partial charge in [-0.1, -0.05) is 32.8 Å². The van der Waals surface area contributed by atoms with Crippen LogP contribution in [0.25, 0.3) is 11.0 Å². The van der Waals surface area contributed by atoms with Gasteiger partial charge in [0.05, 0.1) is 17.1 Å². The number of nitrogens with zero attached hydrogens (tertiary/aromatic N) is 2. The van der Waals surface area contributed by atoms with Gasteiger partial charge in [-0.2, -0.15) is 0 Å². The van der Waals surface area contributed by atoms with Crippen LogP contribution in [0.5, 0.6) is 0 Å². The lowest BCUT2D eigenvalue weighted by Crippen LogP contribution is -2.47. The molecule has 0 radical (unpaired) electrons. The Bertz CT molecular complexity index is 752. The molecular formula is C22H33N3. The molecule has 3 atom stereocenters. The number of aromatic amines is 1. The number of rotatable bonds is 2. The van der Waals surface area contributed by atoms with Crippen molar-refractivity contribution in [2.75, 3.05) is 0 Å². The third-order valence-corrected chi connectivity index (χ3v) is 6.37. The Morgan fingerprint density at radius 3 is 2.64 bits per heavy atom. The van der Waals surface area contributed by atoms with Crippen LogP contribution in [-0.4, -0.2) is 26.4 Å². The summed E-state index contributed by atoms with van der Waals surface area (Å²) in [5.74, 6) is 2.58. The van der Waals surface area contributed by atoms with E-state index in [-0.39, 0.29) is 5.54 Å². The van der Waals surface area contributed by atoms with E-state index in [1.807, 2.05) is 0 Å². The number of nitrogens with one attached hydrogen (secondary N) is 1. The highest BCUT2D eigenvalue weighted by molar-refractivity contribution is 5.76. The normalized spacial score (nSPS) is 28.0. The lowest BCUT2D eigenvalue weighted by molar-refractivity contribution is 0.0513.